The fourth-order valence-corrected chi connectivity index (χ4v) is 2.98. The fourth-order valence-electron chi connectivity index (χ4n) is 2.98. The lowest BCUT2D eigenvalue weighted by atomic mass is 10.0. The van der Waals surface area contributed by atoms with E-state index < -0.39 is 0 Å². The number of hydrogen-bond donors (Lipinski definition) is 1. The van der Waals surface area contributed by atoms with Crippen LogP contribution in [0.15, 0.2) is 23.0 Å². The predicted molar refractivity (Wildman–Crippen MR) is 89.7 cm³/mol. The van der Waals surface area contributed by atoms with Crippen molar-refractivity contribution in [2.24, 2.45) is 0 Å². The molecule has 1 aromatic carbocycles. The first-order valence-electron chi connectivity index (χ1n) is 8.14. The minimum absolute atomic E-state index is 0.0608. The third-order valence-electron chi connectivity index (χ3n) is 4.34. The number of benzene rings is 1. The van der Waals surface area contributed by atoms with Gasteiger partial charge < -0.3 is 9.72 Å². The van der Waals surface area contributed by atoms with Crippen LogP contribution in [0.1, 0.15) is 42.4 Å². The van der Waals surface area contributed by atoms with E-state index in [0.29, 0.717) is 13.1 Å². The first kappa shape index (κ1) is 16.6. The summed E-state index contributed by atoms with van der Waals surface area (Å²) in [7, 11) is 1.45. The topological polar surface area (TPSA) is 58.2 Å². The van der Waals surface area contributed by atoms with E-state index in [2.05, 4.69) is 14.9 Å². The Labute approximate surface area is 140 Å². The van der Waals surface area contributed by atoms with Crippen molar-refractivity contribution in [2.75, 3.05) is 13.7 Å². The van der Waals surface area contributed by atoms with E-state index in [4.69, 9.17) is 4.74 Å². The number of nitrogens with one attached hydrogen (secondary N) is 1. The number of fused-ring (bicyclic) bond motifs is 1. The van der Waals surface area contributed by atoms with Crippen LogP contribution in [0.3, 0.4) is 0 Å². The molecule has 0 saturated heterocycles. The van der Waals surface area contributed by atoms with E-state index in [1.54, 1.807) is 6.07 Å². The van der Waals surface area contributed by atoms with Gasteiger partial charge in [0, 0.05) is 32.0 Å². The number of halogens is 1. The Hall–Kier alpha value is -2.21. The lowest BCUT2D eigenvalue weighted by molar-refractivity contribution is 0.241. The molecule has 3 rings (SSSR count). The molecule has 6 heteroatoms. The van der Waals surface area contributed by atoms with Gasteiger partial charge in [-0.05, 0) is 17.7 Å². The average molecular weight is 331 g/mol. The quantitative estimate of drug-likeness (QED) is 0.935. The van der Waals surface area contributed by atoms with Crippen LogP contribution in [0.5, 0.6) is 5.75 Å². The lowest BCUT2D eigenvalue weighted by Gasteiger charge is -2.28. The van der Waals surface area contributed by atoms with Crippen LogP contribution < -0.4 is 10.3 Å². The van der Waals surface area contributed by atoms with Crippen molar-refractivity contribution in [1.29, 1.82) is 0 Å². The minimum atomic E-state index is -0.367. The normalized spacial score (nSPS) is 14.7. The first-order valence-corrected chi connectivity index (χ1v) is 8.14. The molecule has 1 aromatic heterocycles. The molecule has 5 nitrogen and oxygen atoms in total. The zero-order valence-electron chi connectivity index (χ0n) is 14.2. The summed E-state index contributed by atoms with van der Waals surface area (Å²) >= 11 is 0. The Balaban J connectivity index is 1.78. The van der Waals surface area contributed by atoms with Crippen LogP contribution in [0.25, 0.3) is 0 Å². The molecule has 0 atom stereocenters. The summed E-state index contributed by atoms with van der Waals surface area (Å²) < 4.78 is 18.8. The summed E-state index contributed by atoms with van der Waals surface area (Å²) in [5.41, 5.74) is 2.41. The lowest BCUT2D eigenvalue weighted by Crippen LogP contribution is -2.36. The summed E-state index contributed by atoms with van der Waals surface area (Å²) in [5.74, 6) is 0.811. The van der Waals surface area contributed by atoms with Gasteiger partial charge in [0.1, 0.15) is 5.82 Å². The third kappa shape index (κ3) is 3.33. The van der Waals surface area contributed by atoms with Crippen molar-refractivity contribution in [3.05, 3.63) is 57.0 Å². The average Bonchev–Trinajstić information content (AvgIpc) is 2.55. The number of hydrogen-bond acceptors (Lipinski definition) is 4. The summed E-state index contributed by atoms with van der Waals surface area (Å²) in [6, 6.07) is 4.96. The van der Waals surface area contributed by atoms with E-state index in [9.17, 15) is 9.18 Å². The Morgan fingerprint density at radius 3 is 2.88 bits per heavy atom. The third-order valence-corrected chi connectivity index (χ3v) is 4.34. The van der Waals surface area contributed by atoms with Crippen LogP contribution in [-0.4, -0.2) is 28.5 Å². The van der Waals surface area contributed by atoms with Crippen LogP contribution >= 0.6 is 0 Å². The molecule has 1 aliphatic rings. The smallest absolute Gasteiger partial charge is 0.255 e. The summed E-state index contributed by atoms with van der Waals surface area (Å²) in [6.45, 7) is 5.94. The fraction of sp³-hybridized carbons (Fsp3) is 0.444. The molecule has 2 heterocycles. The molecule has 0 fully saturated rings. The minimum Gasteiger partial charge on any atom is -0.494 e. The zero-order valence-corrected chi connectivity index (χ0v) is 14.2. The maximum atomic E-state index is 13.8. The van der Waals surface area contributed by atoms with Crippen LogP contribution in [-0.2, 0) is 19.5 Å². The highest BCUT2D eigenvalue weighted by molar-refractivity contribution is 5.29. The van der Waals surface area contributed by atoms with E-state index in [1.165, 1.54) is 13.2 Å². The highest BCUT2D eigenvalue weighted by Gasteiger charge is 2.22. The molecule has 0 aliphatic carbocycles. The molecule has 1 N–H and O–H groups in total. The molecule has 24 heavy (non-hydrogen) atoms. The summed E-state index contributed by atoms with van der Waals surface area (Å²) in [4.78, 5) is 21.9. The monoisotopic (exact) mass is 331 g/mol. The van der Waals surface area contributed by atoms with Gasteiger partial charge in [-0.3, -0.25) is 9.69 Å². The Morgan fingerprint density at radius 1 is 1.42 bits per heavy atom. The number of nitrogens with zero attached hydrogens (tertiary/aromatic N) is 2. The molecule has 1 aliphatic heterocycles. The van der Waals surface area contributed by atoms with Gasteiger partial charge in [0.15, 0.2) is 11.6 Å². The molecular formula is C18H22FN3O2. The van der Waals surface area contributed by atoms with Gasteiger partial charge in [-0.25, -0.2) is 9.37 Å². The Kier molecular flexibility index (Phi) is 4.66. The van der Waals surface area contributed by atoms with E-state index >= 15 is 0 Å². The van der Waals surface area contributed by atoms with Gasteiger partial charge >= 0.3 is 0 Å². The van der Waals surface area contributed by atoms with E-state index in [1.807, 2.05) is 19.9 Å². The van der Waals surface area contributed by atoms with Gasteiger partial charge in [-0.1, -0.05) is 19.9 Å². The van der Waals surface area contributed by atoms with Gasteiger partial charge in [0.2, 0.25) is 0 Å². The van der Waals surface area contributed by atoms with Gasteiger partial charge in [0.25, 0.3) is 5.56 Å². The highest BCUT2D eigenvalue weighted by atomic mass is 19.1. The molecule has 0 saturated carbocycles. The first-order chi connectivity index (χ1) is 11.5. The maximum absolute atomic E-state index is 13.8. The van der Waals surface area contributed by atoms with Crippen molar-refractivity contribution >= 4 is 0 Å². The number of aromatic amines is 1. The molecule has 0 spiro atoms. The maximum Gasteiger partial charge on any atom is 0.255 e. The van der Waals surface area contributed by atoms with Crippen molar-refractivity contribution in [2.45, 2.75) is 39.3 Å². The largest absolute Gasteiger partial charge is 0.494 e. The SMILES string of the molecule is COc1ccc(CN2CCc3nc(C(C)C)[nH]c(=O)c3C2)cc1F. The molecule has 0 unspecified atom stereocenters. The zero-order chi connectivity index (χ0) is 17.3. The molecule has 2 aromatic rings. The standard InChI is InChI=1S/C18H22FN3O2/c1-11(2)17-20-15-6-7-22(10-13(15)18(23)21-17)9-12-4-5-16(24-3)14(19)8-12/h4-5,8,11H,6-7,9-10H2,1-3H3,(H,20,21,23). The molecular weight excluding hydrogens is 309 g/mol. The van der Waals surface area contributed by atoms with E-state index in [-0.39, 0.29) is 23.0 Å². The number of aromatic nitrogens is 2. The van der Waals surface area contributed by atoms with Crippen LogP contribution in [0.2, 0.25) is 0 Å². The second-order valence-electron chi connectivity index (χ2n) is 6.46. The second-order valence-corrected chi connectivity index (χ2v) is 6.46. The molecule has 0 amide bonds. The number of rotatable bonds is 4. The van der Waals surface area contributed by atoms with Gasteiger partial charge in [-0.2, -0.15) is 0 Å². The highest BCUT2D eigenvalue weighted by Crippen LogP contribution is 2.21. The Morgan fingerprint density at radius 2 is 2.21 bits per heavy atom. The predicted octanol–water partition coefficient (Wildman–Crippen LogP) is 2.60. The number of H-pyrrole nitrogens is 1. The number of methoxy groups -OCH3 is 1. The van der Waals surface area contributed by atoms with Crippen molar-refractivity contribution in [3.63, 3.8) is 0 Å². The van der Waals surface area contributed by atoms with E-state index in [0.717, 1.165) is 35.6 Å². The van der Waals surface area contributed by atoms with Crippen molar-refractivity contribution < 1.29 is 9.13 Å². The molecule has 128 valence electrons. The van der Waals surface area contributed by atoms with Crippen molar-refractivity contribution in [3.8, 4) is 5.75 Å². The second kappa shape index (κ2) is 6.73. The summed E-state index contributed by atoms with van der Waals surface area (Å²) in [6.07, 6.45) is 0.734. The van der Waals surface area contributed by atoms with Gasteiger partial charge in [-0.15, -0.1) is 0 Å². The number of ether oxygens (including phenoxy) is 1. The van der Waals surface area contributed by atoms with Gasteiger partial charge in [0.05, 0.1) is 18.4 Å². The van der Waals surface area contributed by atoms with Crippen molar-refractivity contribution in [1.82, 2.24) is 14.9 Å². The molecule has 0 radical (unpaired) electrons. The Bertz CT molecular complexity index is 801. The summed E-state index contributed by atoms with van der Waals surface area (Å²) in [5, 5.41) is 0. The van der Waals surface area contributed by atoms with Crippen LogP contribution in [0, 0.1) is 5.82 Å². The van der Waals surface area contributed by atoms with Crippen LogP contribution in [0.4, 0.5) is 4.39 Å². The molecule has 0 bridgehead atoms.